The van der Waals surface area contributed by atoms with E-state index in [2.05, 4.69) is 53.7 Å². The molecule has 0 radical (unpaired) electrons. The van der Waals surface area contributed by atoms with Crippen LogP contribution in [0.25, 0.3) is 0 Å². The Morgan fingerprint density at radius 3 is 2.39 bits per heavy atom. The molecule has 0 N–H and O–H groups in total. The van der Waals surface area contributed by atoms with Gasteiger partial charge in [0.15, 0.2) is 0 Å². The zero-order chi connectivity index (χ0) is 24.1. The maximum absolute atomic E-state index is 13.9. The maximum Gasteiger partial charge on any atom is 0.302 e. The highest BCUT2D eigenvalue weighted by Crippen LogP contribution is 2.67. The summed E-state index contributed by atoms with van der Waals surface area (Å²) in [6.07, 6.45) is 13.6. The zero-order valence-corrected chi connectivity index (χ0v) is 22.2. The van der Waals surface area contributed by atoms with Crippen molar-refractivity contribution in [3.8, 4) is 0 Å². The van der Waals surface area contributed by atoms with Crippen molar-refractivity contribution in [2.45, 2.75) is 106 Å². The van der Waals surface area contributed by atoms with Crippen molar-refractivity contribution < 1.29 is 14.3 Å². The molecule has 0 unspecified atom stereocenters. The smallest absolute Gasteiger partial charge is 0.302 e. The number of fused-ring (bicyclic) bond motifs is 5. The van der Waals surface area contributed by atoms with Crippen LogP contribution in [0.3, 0.4) is 0 Å². The average molecular weight is 457 g/mol. The lowest BCUT2D eigenvalue weighted by Gasteiger charge is -2.60. The van der Waals surface area contributed by atoms with Gasteiger partial charge in [0, 0.05) is 19.3 Å². The summed E-state index contributed by atoms with van der Waals surface area (Å²) in [7, 11) is 0. The molecule has 4 rings (SSSR count). The van der Waals surface area contributed by atoms with E-state index < -0.39 is 0 Å². The number of carbonyl (C=O) groups excluding carboxylic acids is 2. The number of rotatable bonds is 5. The normalized spacial score (nSPS) is 44.8. The predicted octanol–water partition coefficient (Wildman–Crippen LogP) is 7.24. The summed E-state index contributed by atoms with van der Waals surface area (Å²) >= 11 is 0. The zero-order valence-electron chi connectivity index (χ0n) is 22.2. The number of esters is 1. The summed E-state index contributed by atoms with van der Waals surface area (Å²) < 4.78 is 5.60. The van der Waals surface area contributed by atoms with Crippen molar-refractivity contribution in [1.82, 2.24) is 0 Å². The van der Waals surface area contributed by atoms with Gasteiger partial charge in [-0.2, -0.15) is 0 Å². The van der Waals surface area contributed by atoms with Gasteiger partial charge < -0.3 is 4.74 Å². The fraction of sp³-hybridized carbons (Fsp3) is 0.867. The van der Waals surface area contributed by atoms with Gasteiger partial charge >= 0.3 is 5.97 Å². The van der Waals surface area contributed by atoms with Crippen LogP contribution in [0.5, 0.6) is 0 Å². The van der Waals surface area contributed by atoms with Gasteiger partial charge in [-0.3, -0.25) is 9.59 Å². The molecule has 4 saturated carbocycles. The lowest BCUT2D eigenvalue weighted by Crippen LogP contribution is -2.58. The third-order valence-corrected chi connectivity index (χ3v) is 11.1. The molecule has 4 aliphatic carbocycles. The Morgan fingerprint density at radius 2 is 1.73 bits per heavy atom. The number of ether oxygens (including phenoxy) is 1. The molecule has 4 aliphatic rings. The molecule has 0 aliphatic heterocycles. The molecule has 0 saturated heterocycles. The molecule has 0 aromatic heterocycles. The Morgan fingerprint density at radius 1 is 1.00 bits per heavy atom. The second-order valence-electron chi connectivity index (χ2n) is 13.2. The molecule has 0 amide bonds. The van der Waals surface area contributed by atoms with E-state index in [9.17, 15) is 9.59 Å². The molecular formula is C30H48O3. The Kier molecular flexibility index (Phi) is 6.93. The van der Waals surface area contributed by atoms with E-state index in [0.29, 0.717) is 47.2 Å². The molecule has 33 heavy (non-hydrogen) atoms. The van der Waals surface area contributed by atoms with Gasteiger partial charge in [-0.05, 0) is 97.2 Å². The second-order valence-corrected chi connectivity index (χ2v) is 13.2. The van der Waals surface area contributed by atoms with Crippen molar-refractivity contribution in [2.24, 2.45) is 58.2 Å². The quantitative estimate of drug-likeness (QED) is 0.323. The van der Waals surface area contributed by atoms with Gasteiger partial charge in [0.25, 0.3) is 0 Å². The molecule has 186 valence electrons. The molecule has 0 bridgehead atoms. The van der Waals surface area contributed by atoms with E-state index in [-0.39, 0.29) is 28.8 Å². The summed E-state index contributed by atoms with van der Waals surface area (Å²) in [4.78, 5) is 25.4. The summed E-state index contributed by atoms with van der Waals surface area (Å²) in [6, 6.07) is 0. The number of allylic oxidation sites excluding steroid dienone is 2. The van der Waals surface area contributed by atoms with Crippen LogP contribution >= 0.6 is 0 Å². The van der Waals surface area contributed by atoms with Crippen LogP contribution < -0.4 is 0 Å². The Bertz CT molecular complexity index is 783. The van der Waals surface area contributed by atoms with Gasteiger partial charge in [-0.25, -0.2) is 0 Å². The Balaban J connectivity index is 1.52. The van der Waals surface area contributed by atoms with Crippen LogP contribution in [-0.4, -0.2) is 17.9 Å². The first-order valence-corrected chi connectivity index (χ1v) is 13.9. The van der Waals surface area contributed by atoms with Gasteiger partial charge in [-0.15, -0.1) is 0 Å². The van der Waals surface area contributed by atoms with Gasteiger partial charge in [-0.1, -0.05) is 53.7 Å². The van der Waals surface area contributed by atoms with Crippen LogP contribution in [-0.2, 0) is 14.3 Å². The Labute approximate surface area is 202 Å². The minimum atomic E-state index is -0.162. The van der Waals surface area contributed by atoms with Crippen LogP contribution in [0.1, 0.15) is 99.8 Å². The second kappa shape index (κ2) is 9.15. The molecule has 3 nitrogen and oxygen atoms in total. The number of Topliss-reactive ketones (excluding diaryl/α,β-unsaturated/α-hetero) is 1. The van der Waals surface area contributed by atoms with E-state index >= 15 is 0 Å². The highest BCUT2D eigenvalue weighted by Gasteiger charge is 2.63. The minimum absolute atomic E-state index is 0.0535. The molecule has 4 fully saturated rings. The molecule has 0 aromatic rings. The number of ketones is 1. The topological polar surface area (TPSA) is 43.4 Å². The van der Waals surface area contributed by atoms with Crippen LogP contribution in [0.4, 0.5) is 0 Å². The van der Waals surface area contributed by atoms with Gasteiger partial charge in [0.2, 0.25) is 0 Å². The van der Waals surface area contributed by atoms with E-state index in [1.807, 2.05) is 0 Å². The standard InChI is InChI=1S/C30H48O3/c1-18(2)19(3)8-9-20(4)25-12-13-26-24-11-10-22-16-23(33-21(5)31)14-15-29(22,6)28(24)27(32)17-30(25,26)7/h8-9,18-20,22-26,28H,10-17H2,1-7H3/b9-8+/t19-,20+,22-,23+,24-,25+,26+,28-,29-,30-/m0/s1. The highest BCUT2D eigenvalue weighted by atomic mass is 16.5. The fourth-order valence-corrected chi connectivity index (χ4v) is 8.98. The maximum atomic E-state index is 13.9. The lowest BCUT2D eigenvalue weighted by atomic mass is 9.44. The summed E-state index contributed by atoms with van der Waals surface area (Å²) in [5, 5.41) is 0. The molecule has 3 heteroatoms. The van der Waals surface area contributed by atoms with Crippen LogP contribution in [0.2, 0.25) is 0 Å². The first kappa shape index (κ1) is 25.0. The van der Waals surface area contributed by atoms with Crippen LogP contribution in [0.15, 0.2) is 12.2 Å². The molecular weight excluding hydrogens is 408 g/mol. The van der Waals surface area contributed by atoms with Gasteiger partial charge in [0.1, 0.15) is 11.9 Å². The summed E-state index contributed by atoms with van der Waals surface area (Å²) in [5.74, 6) is 4.80. The molecule has 0 aromatic carbocycles. The summed E-state index contributed by atoms with van der Waals surface area (Å²) in [6.45, 7) is 15.7. The van der Waals surface area contributed by atoms with E-state index in [4.69, 9.17) is 4.74 Å². The van der Waals surface area contributed by atoms with Crippen molar-refractivity contribution in [1.29, 1.82) is 0 Å². The van der Waals surface area contributed by atoms with Crippen LogP contribution in [0, 0.1) is 58.2 Å². The first-order chi connectivity index (χ1) is 15.5. The number of carbonyl (C=O) groups is 2. The SMILES string of the molecule is CC(=O)O[C@@H]1CC[C@@]2(C)[C@@H](CC[C@H]3[C@H]4CC[C@H]([C@H](C)/C=C/[C@H](C)C(C)C)[C@]4(C)CC(=O)[C@H]32)C1. The predicted molar refractivity (Wildman–Crippen MR) is 133 cm³/mol. The average Bonchev–Trinajstić information content (AvgIpc) is 3.07. The Hall–Kier alpha value is -1.12. The largest absolute Gasteiger partial charge is 0.463 e. The van der Waals surface area contributed by atoms with Gasteiger partial charge in [0.05, 0.1) is 0 Å². The fourth-order valence-electron chi connectivity index (χ4n) is 8.98. The lowest BCUT2D eigenvalue weighted by molar-refractivity contribution is -0.169. The number of hydrogen-bond acceptors (Lipinski definition) is 3. The van der Waals surface area contributed by atoms with Crippen molar-refractivity contribution in [3.63, 3.8) is 0 Å². The summed E-state index contributed by atoms with van der Waals surface area (Å²) in [5.41, 5.74) is 0.246. The molecule has 0 spiro atoms. The molecule has 10 atom stereocenters. The third kappa shape index (κ3) is 4.36. The molecule has 0 heterocycles. The van der Waals surface area contributed by atoms with Crippen molar-refractivity contribution in [2.75, 3.05) is 0 Å². The third-order valence-electron chi connectivity index (χ3n) is 11.1. The van der Waals surface area contributed by atoms with Crippen molar-refractivity contribution in [3.05, 3.63) is 12.2 Å². The van der Waals surface area contributed by atoms with E-state index in [1.165, 1.54) is 32.6 Å². The monoisotopic (exact) mass is 456 g/mol. The van der Waals surface area contributed by atoms with E-state index in [0.717, 1.165) is 25.7 Å². The first-order valence-electron chi connectivity index (χ1n) is 13.9. The van der Waals surface area contributed by atoms with Crippen molar-refractivity contribution >= 4 is 11.8 Å². The number of hydrogen-bond donors (Lipinski definition) is 0. The van der Waals surface area contributed by atoms with E-state index in [1.54, 1.807) is 0 Å². The highest BCUT2D eigenvalue weighted by molar-refractivity contribution is 5.84. The minimum Gasteiger partial charge on any atom is -0.463 e.